The maximum atomic E-state index is 4.76. The zero-order valence-corrected chi connectivity index (χ0v) is 11.8. The summed E-state index contributed by atoms with van der Waals surface area (Å²) in [6, 6.07) is 11.9. The van der Waals surface area contributed by atoms with Gasteiger partial charge in [-0.05, 0) is 43.2 Å². The maximum Gasteiger partial charge on any atom is 0.0917 e. The monoisotopic (exact) mass is 284 g/mol. The van der Waals surface area contributed by atoms with Gasteiger partial charge in [-0.1, -0.05) is 18.2 Å². The number of nitrogens with zero attached hydrogens (tertiary/aromatic N) is 4. The Morgan fingerprint density at radius 1 is 0.682 bits per heavy atom. The standard InChI is InChI=1S/C18H12N4/c1-2-6-12-11(5-1)19-15-9-17-18(10-16(15)20-12)22-14-8-4-3-7-13(14)21-17/h1-3,5-7,9-10H,4,8H2. The van der Waals surface area contributed by atoms with Crippen LogP contribution in [0.5, 0.6) is 0 Å². The van der Waals surface area contributed by atoms with Crippen LogP contribution in [0.4, 0.5) is 0 Å². The summed E-state index contributed by atoms with van der Waals surface area (Å²) >= 11 is 0. The number of aromatic nitrogens is 4. The molecule has 4 aromatic rings. The molecule has 0 bridgehead atoms. The van der Waals surface area contributed by atoms with Crippen LogP contribution >= 0.6 is 0 Å². The van der Waals surface area contributed by atoms with Crippen molar-refractivity contribution in [2.24, 2.45) is 0 Å². The second kappa shape index (κ2) is 4.31. The summed E-state index contributed by atoms with van der Waals surface area (Å²) in [6.07, 6.45) is 6.19. The summed E-state index contributed by atoms with van der Waals surface area (Å²) in [4.78, 5) is 18.9. The molecule has 1 aliphatic carbocycles. The SMILES string of the molecule is C1=Cc2nc3cc4nc5ccccc5nc4cc3nc2CC1. The molecule has 0 saturated heterocycles. The zero-order chi connectivity index (χ0) is 14.5. The first-order chi connectivity index (χ1) is 10.9. The summed E-state index contributed by atoms with van der Waals surface area (Å²) in [6.45, 7) is 0. The zero-order valence-electron chi connectivity index (χ0n) is 11.8. The minimum absolute atomic E-state index is 0.861. The molecule has 0 radical (unpaired) electrons. The molecule has 0 fully saturated rings. The number of para-hydroxylation sites is 2. The average molecular weight is 284 g/mol. The first kappa shape index (κ1) is 11.7. The van der Waals surface area contributed by atoms with E-state index >= 15 is 0 Å². The molecular weight excluding hydrogens is 272 g/mol. The third-order valence-corrected chi connectivity index (χ3v) is 4.05. The van der Waals surface area contributed by atoms with Gasteiger partial charge in [0.2, 0.25) is 0 Å². The molecular formula is C18H12N4. The van der Waals surface area contributed by atoms with E-state index < -0.39 is 0 Å². The number of fused-ring (bicyclic) bond motifs is 4. The molecule has 5 rings (SSSR count). The Balaban J connectivity index is 1.87. The fraction of sp³-hybridized carbons (Fsp3) is 0.111. The second-order valence-corrected chi connectivity index (χ2v) is 5.54. The van der Waals surface area contributed by atoms with Gasteiger partial charge in [0.05, 0.1) is 44.5 Å². The van der Waals surface area contributed by atoms with Crippen molar-refractivity contribution in [3.8, 4) is 0 Å². The largest absolute Gasteiger partial charge is 0.249 e. The summed E-state index contributed by atoms with van der Waals surface area (Å²) in [5, 5.41) is 0. The van der Waals surface area contributed by atoms with Gasteiger partial charge in [0.25, 0.3) is 0 Å². The molecule has 0 saturated carbocycles. The number of aryl methyl sites for hydroxylation is 1. The molecule has 2 heterocycles. The second-order valence-electron chi connectivity index (χ2n) is 5.54. The number of allylic oxidation sites excluding steroid dienone is 1. The van der Waals surface area contributed by atoms with Gasteiger partial charge < -0.3 is 0 Å². The summed E-state index contributed by atoms with van der Waals surface area (Å²) in [7, 11) is 0. The Hall–Kier alpha value is -2.88. The van der Waals surface area contributed by atoms with E-state index in [0.717, 1.165) is 57.3 Å². The Bertz CT molecular complexity index is 1080. The van der Waals surface area contributed by atoms with Gasteiger partial charge in [0.1, 0.15) is 0 Å². The molecule has 22 heavy (non-hydrogen) atoms. The van der Waals surface area contributed by atoms with Crippen LogP contribution in [0.25, 0.3) is 39.2 Å². The van der Waals surface area contributed by atoms with Gasteiger partial charge in [-0.25, -0.2) is 19.9 Å². The van der Waals surface area contributed by atoms with Crippen molar-refractivity contribution in [3.63, 3.8) is 0 Å². The molecule has 0 spiro atoms. The lowest BCUT2D eigenvalue weighted by Crippen LogP contribution is -2.02. The van der Waals surface area contributed by atoms with Gasteiger partial charge >= 0.3 is 0 Å². The van der Waals surface area contributed by atoms with E-state index in [2.05, 4.69) is 12.2 Å². The van der Waals surface area contributed by atoms with E-state index in [1.165, 1.54) is 0 Å². The Labute approximate surface area is 126 Å². The van der Waals surface area contributed by atoms with Crippen LogP contribution in [0.3, 0.4) is 0 Å². The van der Waals surface area contributed by atoms with E-state index in [1.807, 2.05) is 36.4 Å². The van der Waals surface area contributed by atoms with Crippen LogP contribution < -0.4 is 0 Å². The fourth-order valence-electron chi connectivity index (χ4n) is 2.96. The molecule has 0 amide bonds. The van der Waals surface area contributed by atoms with E-state index in [1.54, 1.807) is 0 Å². The molecule has 2 aromatic carbocycles. The quantitative estimate of drug-likeness (QED) is 0.462. The number of rotatable bonds is 0. The molecule has 104 valence electrons. The molecule has 2 aromatic heterocycles. The first-order valence-electron chi connectivity index (χ1n) is 7.40. The molecule has 0 atom stereocenters. The number of benzene rings is 2. The van der Waals surface area contributed by atoms with Crippen molar-refractivity contribution in [2.45, 2.75) is 12.8 Å². The lowest BCUT2D eigenvalue weighted by Gasteiger charge is -2.10. The average Bonchev–Trinajstić information content (AvgIpc) is 2.56. The number of hydrogen-bond donors (Lipinski definition) is 0. The highest BCUT2D eigenvalue weighted by Crippen LogP contribution is 2.24. The van der Waals surface area contributed by atoms with Gasteiger partial charge in [-0.2, -0.15) is 0 Å². The van der Waals surface area contributed by atoms with Gasteiger partial charge in [0, 0.05) is 0 Å². The third-order valence-electron chi connectivity index (χ3n) is 4.05. The molecule has 4 nitrogen and oxygen atoms in total. The highest BCUT2D eigenvalue weighted by Gasteiger charge is 2.11. The molecule has 0 N–H and O–H groups in total. The third kappa shape index (κ3) is 1.70. The topological polar surface area (TPSA) is 51.6 Å². The first-order valence-corrected chi connectivity index (χ1v) is 7.40. The van der Waals surface area contributed by atoms with Crippen LogP contribution in [0.2, 0.25) is 0 Å². The maximum absolute atomic E-state index is 4.76. The minimum atomic E-state index is 0.861. The van der Waals surface area contributed by atoms with Crippen molar-refractivity contribution in [3.05, 3.63) is 53.9 Å². The summed E-state index contributed by atoms with van der Waals surface area (Å²) < 4.78 is 0. The van der Waals surface area contributed by atoms with E-state index in [-0.39, 0.29) is 0 Å². The van der Waals surface area contributed by atoms with Crippen LogP contribution in [0.15, 0.2) is 42.5 Å². The lowest BCUT2D eigenvalue weighted by atomic mass is 10.1. The van der Waals surface area contributed by atoms with Gasteiger partial charge in [0.15, 0.2) is 0 Å². The lowest BCUT2D eigenvalue weighted by molar-refractivity contribution is 0.920. The molecule has 0 unspecified atom stereocenters. The Morgan fingerprint density at radius 2 is 1.32 bits per heavy atom. The molecule has 4 heteroatoms. The molecule has 1 aliphatic rings. The van der Waals surface area contributed by atoms with E-state index in [0.29, 0.717) is 0 Å². The van der Waals surface area contributed by atoms with E-state index in [9.17, 15) is 0 Å². The highest BCUT2D eigenvalue weighted by atomic mass is 14.9. The minimum Gasteiger partial charge on any atom is -0.249 e. The van der Waals surface area contributed by atoms with Gasteiger partial charge in [-0.15, -0.1) is 0 Å². The van der Waals surface area contributed by atoms with Gasteiger partial charge in [-0.3, -0.25) is 0 Å². The fourth-order valence-corrected chi connectivity index (χ4v) is 2.96. The van der Waals surface area contributed by atoms with Crippen molar-refractivity contribution < 1.29 is 0 Å². The Kier molecular flexibility index (Phi) is 2.30. The predicted molar refractivity (Wildman–Crippen MR) is 87.5 cm³/mol. The summed E-state index contributed by atoms with van der Waals surface area (Å²) in [5.74, 6) is 0. The van der Waals surface area contributed by atoms with Crippen molar-refractivity contribution in [1.29, 1.82) is 0 Å². The smallest absolute Gasteiger partial charge is 0.0917 e. The van der Waals surface area contributed by atoms with Crippen molar-refractivity contribution in [2.75, 3.05) is 0 Å². The van der Waals surface area contributed by atoms with Crippen molar-refractivity contribution >= 4 is 39.2 Å². The Morgan fingerprint density at radius 3 is 2.05 bits per heavy atom. The van der Waals surface area contributed by atoms with E-state index in [4.69, 9.17) is 19.9 Å². The van der Waals surface area contributed by atoms with Crippen LogP contribution in [0, 0.1) is 0 Å². The summed E-state index contributed by atoms with van der Waals surface area (Å²) in [5.41, 5.74) is 7.36. The van der Waals surface area contributed by atoms with Crippen LogP contribution in [-0.4, -0.2) is 19.9 Å². The highest BCUT2D eigenvalue weighted by molar-refractivity contribution is 5.94. The van der Waals surface area contributed by atoms with Crippen LogP contribution in [-0.2, 0) is 6.42 Å². The normalized spacial score (nSPS) is 13.8. The predicted octanol–water partition coefficient (Wildman–Crippen LogP) is 3.69. The molecule has 0 aliphatic heterocycles. The number of hydrogen-bond acceptors (Lipinski definition) is 4. The van der Waals surface area contributed by atoms with Crippen molar-refractivity contribution in [1.82, 2.24) is 19.9 Å². The van der Waals surface area contributed by atoms with Crippen LogP contribution in [0.1, 0.15) is 17.8 Å².